The van der Waals surface area contributed by atoms with E-state index in [2.05, 4.69) is 4.98 Å². The Kier molecular flexibility index (Phi) is 3.09. The van der Waals surface area contributed by atoms with Crippen LogP contribution >= 0.6 is 0 Å². The van der Waals surface area contributed by atoms with E-state index >= 15 is 0 Å². The molecule has 0 atom stereocenters. The first-order chi connectivity index (χ1) is 8.19. The zero-order valence-corrected chi connectivity index (χ0v) is 9.34. The summed E-state index contributed by atoms with van der Waals surface area (Å²) in [5.41, 5.74) is 0.161. The van der Waals surface area contributed by atoms with Crippen molar-refractivity contribution in [1.82, 2.24) is 9.55 Å². The Morgan fingerprint density at radius 2 is 1.88 bits per heavy atom. The summed E-state index contributed by atoms with van der Waals surface area (Å²) < 4.78 is 6.48. The van der Waals surface area contributed by atoms with Gasteiger partial charge in [0, 0.05) is 12.3 Å². The highest BCUT2D eigenvalue weighted by atomic mass is 16.5. The van der Waals surface area contributed by atoms with Crippen molar-refractivity contribution in [3.63, 3.8) is 0 Å². The van der Waals surface area contributed by atoms with Crippen LogP contribution in [0.1, 0.15) is 5.56 Å². The molecule has 0 spiro atoms. The van der Waals surface area contributed by atoms with Gasteiger partial charge in [-0.3, -0.25) is 14.3 Å². The molecule has 5 nitrogen and oxygen atoms in total. The van der Waals surface area contributed by atoms with E-state index in [1.54, 1.807) is 7.11 Å². The van der Waals surface area contributed by atoms with Crippen molar-refractivity contribution in [2.24, 2.45) is 0 Å². The highest BCUT2D eigenvalue weighted by molar-refractivity contribution is 5.27. The molecule has 1 aromatic heterocycles. The van der Waals surface area contributed by atoms with Gasteiger partial charge in [-0.25, -0.2) is 4.79 Å². The second kappa shape index (κ2) is 4.69. The molecule has 17 heavy (non-hydrogen) atoms. The third-order valence-corrected chi connectivity index (χ3v) is 2.41. The van der Waals surface area contributed by atoms with Crippen LogP contribution in [0.25, 0.3) is 0 Å². The molecule has 0 saturated carbocycles. The molecule has 0 saturated heterocycles. The molecule has 0 aliphatic carbocycles. The number of benzene rings is 1. The van der Waals surface area contributed by atoms with Crippen LogP contribution in [0.5, 0.6) is 5.75 Å². The van der Waals surface area contributed by atoms with E-state index in [0.29, 0.717) is 6.54 Å². The van der Waals surface area contributed by atoms with Gasteiger partial charge in [0.15, 0.2) is 0 Å². The second-order valence-electron chi connectivity index (χ2n) is 3.59. The average Bonchev–Trinajstić information content (AvgIpc) is 2.34. The number of nitrogens with one attached hydrogen (secondary N) is 1. The van der Waals surface area contributed by atoms with Gasteiger partial charge in [-0.15, -0.1) is 0 Å². The van der Waals surface area contributed by atoms with Crippen LogP contribution < -0.4 is 16.0 Å². The van der Waals surface area contributed by atoms with Crippen molar-refractivity contribution >= 4 is 0 Å². The average molecular weight is 232 g/mol. The molecule has 0 aliphatic rings. The number of H-pyrrole nitrogens is 1. The Bertz CT molecular complexity index is 611. The Labute approximate surface area is 97.3 Å². The van der Waals surface area contributed by atoms with Gasteiger partial charge in [0.1, 0.15) is 5.75 Å². The lowest BCUT2D eigenvalue weighted by atomic mass is 10.2. The van der Waals surface area contributed by atoms with Gasteiger partial charge in [-0.1, -0.05) is 12.1 Å². The van der Waals surface area contributed by atoms with Crippen LogP contribution in [0.15, 0.2) is 46.1 Å². The summed E-state index contributed by atoms with van der Waals surface area (Å²) >= 11 is 0. The van der Waals surface area contributed by atoms with Crippen molar-refractivity contribution in [1.29, 1.82) is 0 Å². The summed E-state index contributed by atoms with van der Waals surface area (Å²) in [6, 6.07) is 8.72. The largest absolute Gasteiger partial charge is 0.497 e. The van der Waals surface area contributed by atoms with E-state index in [4.69, 9.17) is 4.74 Å². The first-order valence-electron chi connectivity index (χ1n) is 5.12. The number of aromatic amines is 1. The van der Waals surface area contributed by atoms with E-state index in [1.165, 1.54) is 16.8 Å². The molecular weight excluding hydrogens is 220 g/mol. The normalized spacial score (nSPS) is 10.2. The van der Waals surface area contributed by atoms with Crippen LogP contribution in [-0.4, -0.2) is 16.7 Å². The van der Waals surface area contributed by atoms with Crippen molar-refractivity contribution in [2.45, 2.75) is 6.54 Å². The van der Waals surface area contributed by atoms with E-state index in [0.717, 1.165) is 11.3 Å². The van der Waals surface area contributed by atoms with Crippen molar-refractivity contribution in [3.05, 3.63) is 62.9 Å². The van der Waals surface area contributed by atoms with Crippen LogP contribution in [0.2, 0.25) is 0 Å². The lowest BCUT2D eigenvalue weighted by Gasteiger charge is -2.05. The molecule has 0 unspecified atom stereocenters. The van der Waals surface area contributed by atoms with Gasteiger partial charge in [0.25, 0.3) is 5.56 Å². The van der Waals surface area contributed by atoms with Crippen molar-refractivity contribution in [3.8, 4) is 5.75 Å². The Morgan fingerprint density at radius 3 is 2.47 bits per heavy atom. The van der Waals surface area contributed by atoms with Gasteiger partial charge in [-0.05, 0) is 17.7 Å². The van der Waals surface area contributed by atoms with Crippen LogP contribution in [0.4, 0.5) is 0 Å². The standard InChI is InChI=1S/C12H12N2O3/c1-17-10-4-2-9(3-5-10)8-14-7-6-11(15)13-12(14)16/h2-7H,8H2,1H3,(H,13,15,16). The summed E-state index contributed by atoms with van der Waals surface area (Å²) in [6.45, 7) is 0.416. The predicted molar refractivity (Wildman–Crippen MR) is 63.4 cm³/mol. The summed E-state index contributed by atoms with van der Waals surface area (Å²) in [5.74, 6) is 0.766. The molecule has 1 aromatic carbocycles. The second-order valence-corrected chi connectivity index (χ2v) is 3.59. The number of ether oxygens (including phenoxy) is 1. The Hall–Kier alpha value is -2.30. The molecule has 5 heteroatoms. The molecule has 1 heterocycles. The molecule has 2 aromatic rings. The topological polar surface area (TPSA) is 64.1 Å². The number of methoxy groups -OCH3 is 1. The molecule has 88 valence electrons. The monoisotopic (exact) mass is 232 g/mol. The molecule has 0 bridgehead atoms. The fourth-order valence-electron chi connectivity index (χ4n) is 1.50. The first-order valence-corrected chi connectivity index (χ1v) is 5.12. The third-order valence-electron chi connectivity index (χ3n) is 2.41. The minimum Gasteiger partial charge on any atom is -0.497 e. The zero-order valence-electron chi connectivity index (χ0n) is 9.34. The summed E-state index contributed by atoms with van der Waals surface area (Å²) in [7, 11) is 1.60. The smallest absolute Gasteiger partial charge is 0.328 e. The maximum Gasteiger partial charge on any atom is 0.328 e. The molecule has 1 N–H and O–H groups in total. The molecule has 0 aliphatic heterocycles. The zero-order chi connectivity index (χ0) is 12.3. The lowest BCUT2D eigenvalue weighted by molar-refractivity contribution is 0.414. The minimum atomic E-state index is -0.409. The SMILES string of the molecule is COc1ccc(Cn2ccc(=O)[nH]c2=O)cc1. The molecule has 0 amide bonds. The Morgan fingerprint density at radius 1 is 1.18 bits per heavy atom. The number of aromatic nitrogens is 2. The van der Waals surface area contributed by atoms with E-state index in [1.807, 2.05) is 24.3 Å². The lowest BCUT2D eigenvalue weighted by Crippen LogP contribution is -2.28. The van der Waals surface area contributed by atoms with Crippen LogP contribution in [0, 0.1) is 0 Å². The van der Waals surface area contributed by atoms with Gasteiger partial charge >= 0.3 is 5.69 Å². The summed E-state index contributed by atoms with van der Waals surface area (Å²) in [5, 5.41) is 0. The van der Waals surface area contributed by atoms with E-state index < -0.39 is 5.69 Å². The number of hydrogen-bond acceptors (Lipinski definition) is 3. The fraction of sp³-hybridized carbons (Fsp3) is 0.167. The van der Waals surface area contributed by atoms with E-state index in [-0.39, 0.29) is 5.56 Å². The van der Waals surface area contributed by atoms with E-state index in [9.17, 15) is 9.59 Å². The molecular formula is C12H12N2O3. The predicted octanol–water partition coefficient (Wildman–Crippen LogP) is 0.593. The summed E-state index contributed by atoms with van der Waals surface area (Å²) in [6.07, 6.45) is 1.48. The maximum absolute atomic E-state index is 11.5. The highest BCUT2D eigenvalue weighted by Crippen LogP contribution is 2.11. The Balaban J connectivity index is 2.25. The number of rotatable bonds is 3. The van der Waals surface area contributed by atoms with Crippen LogP contribution in [0.3, 0.4) is 0 Å². The van der Waals surface area contributed by atoms with Gasteiger partial charge in [0.05, 0.1) is 13.7 Å². The highest BCUT2D eigenvalue weighted by Gasteiger charge is 1.99. The third kappa shape index (κ3) is 2.63. The van der Waals surface area contributed by atoms with Crippen molar-refractivity contribution < 1.29 is 4.74 Å². The fourth-order valence-corrected chi connectivity index (χ4v) is 1.50. The maximum atomic E-state index is 11.5. The van der Waals surface area contributed by atoms with Gasteiger partial charge in [0.2, 0.25) is 0 Å². The number of hydrogen-bond donors (Lipinski definition) is 1. The van der Waals surface area contributed by atoms with Crippen molar-refractivity contribution in [2.75, 3.05) is 7.11 Å². The van der Waals surface area contributed by atoms with Crippen LogP contribution in [-0.2, 0) is 6.54 Å². The molecule has 2 rings (SSSR count). The minimum absolute atomic E-state index is 0.388. The summed E-state index contributed by atoms with van der Waals surface area (Å²) in [4.78, 5) is 24.6. The quantitative estimate of drug-likeness (QED) is 0.842. The first kappa shape index (κ1) is 11.2. The number of nitrogens with zero attached hydrogens (tertiary/aromatic N) is 1. The molecule has 0 fully saturated rings. The van der Waals surface area contributed by atoms with Gasteiger partial charge in [-0.2, -0.15) is 0 Å². The van der Waals surface area contributed by atoms with Gasteiger partial charge < -0.3 is 4.74 Å². The molecule has 0 radical (unpaired) electrons.